The van der Waals surface area contributed by atoms with Crippen LogP contribution in [0.4, 0.5) is 0 Å². The van der Waals surface area contributed by atoms with E-state index in [1.807, 2.05) is 0 Å². The first-order chi connectivity index (χ1) is 9.13. The van der Waals surface area contributed by atoms with Gasteiger partial charge in [0.1, 0.15) is 0 Å². The van der Waals surface area contributed by atoms with Crippen LogP contribution >= 0.6 is 0 Å². The molecule has 1 rings (SSSR count). The van der Waals surface area contributed by atoms with Crippen LogP contribution in [0.1, 0.15) is 23.7 Å². The van der Waals surface area contributed by atoms with E-state index in [0.717, 1.165) is 0 Å². The van der Waals surface area contributed by atoms with Gasteiger partial charge in [-0.1, -0.05) is 6.08 Å². The van der Waals surface area contributed by atoms with E-state index in [9.17, 15) is 9.59 Å². The summed E-state index contributed by atoms with van der Waals surface area (Å²) < 4.78 is 0. The molecule has 1 heterocycles. The van der Waals surface area contributed by atoms with E-state index in [2.05, 4.69) is 27.4 Å². The maximum Gasteiger partial charge on any atom is 0.272 e. The number of nitrogens with zero attached hydrogens (tertiary/aromatic N) is 2. The fraction of sp³-hybridized carbons (Fsp3) is 0.231. The van der Waals surface area contributed by atoms with Crippen molar-refractivity contribution in [2.45, 2.75) is 13.3 Å². The van der Waals surface area contributed by atoms with Crippen LogP contribution in [0.3, 0.4) is 0 Å². The average molecular weight is 260 g/mol. The Balaban J connectivity index is 2.45. The molecular formula is C13H16N4O2. The van der Waals surface area contributed by atoms with Crippen molar-refractivity contribution in [3.8, 4) is 0 Å². The van der Waals surface area contributed by atoms with Gasteiger partial charge in [-0.2, -0.15) is 5.10 Å². The molecular weight excluding hydrogens is 244 g/mol. The van der Waals surface area contributed by atoms with E-state index >= 15 is 0 Å². The van der Waals surface area contributed by atoms with Gasteiger partial charge in [0, 0.05) is 24.7 Å². The monoisotopic (exact) mass is 260 g/mol. The number of pyridine rings is 1. The molecule has 0 bridgehead atoms. The minimum absolute atomic E-state index is 0.126. The van der Waals surface area contributed by atoms with Gasteiger partial charge in [0.05, 0.1) is 12.0 Å². The van der Waals surface area contributed by atoms with Crippen LogP contribution in [0.15, 0.2) is 42.3 Å². The lowest BCUT2D eigenvalue weighted by molar-refractivity contribution is -0.119. The third kappa shape index (κ3) is 5.58. The molecule has 1 aromatic rings. The Labute approximate surface area is 111 Å². The van der Waals surface area contributed by atoms with Crippen LogP contribution < -0.4 is 10.7 Å². The van der Waals surface area contributed by atoms with Gasteiger partial charge in [-0.05, 0) is 19.1 Å². The van der Waals surface area contributed by atoms with Crippen molar-refractivity contribution >= 4 is 17.5 Å². The molecule has 0 radical (unpaired) electrons. The summed E-state index contributed by atoms with van der Waals surface area (Å²) in [7, 11) is 0. The number of carbonyl (C=O) groups excluding carboxylic acids is 2. The maximum atomic E-state index is 11.6. The number of amides is 2. The fourth-order valence-corrected chi connectivity index (χ4v) is 1.23. The Bertz CT molecular complexity index is 483. The first-order valence-electron chi connectivity index (χ1n) is 5.74. The SMILES string of the molecule is C=CCNC(=O)C/C(C)=N\NC(=O)c1cccnc1. The highest BCUT2D eigenvalue weighted by molar-refractivity contribution is 6.01. The number of carbonyl (C=O) groups is 2. The lowest BCUT2D eigenvalue weighted by atomic mass is 10.3. The molecule has 0 aliphatic heterocycles. The van der Waals surface area contributed by atoms with Crippen molar-refractivity contribution in [1.29, 1.82) is 0 Å². The number of rotatable bonds is 6. The number of hydrogen-bond donors (Lipinski definition) is 2. The summed E-state index contributed by atoms with van der Waals surface area (Å²) in [5.74, 6) is -0.532. The minimum Gasteiger partial charge on any atom is -0.352 e. The summed E-state index contributed by atoms with van der Waals surface area (Å²) in [6, 6.07) is 3.29. The summed E-state index contributed by atoms with van der Waals surface area (Å²) >= 11 is 0. The van der Waals surface area contributed by atoms with Gasteiger partial charge in [-0.15, -0.1) is 6.58 Å². The van der Waals surface area contributed by atoms with Gasteiger partial charge in [0.25, 0.3) is 5.91 Å². The second-order valence-electron chi connectivity index (χ2n) is 3.80. The second-order valence-corrected chi connectivity index (χ2v) is 3.80. The van der Waals surface area contributed by atoms with Crippen molar-refractivity contribution in [1.82, 2.24) is 15.7 Å². The summed E-state index contributed by atoms with van der Waals surface area (Å²) in [6.45, 7) is 5.57. The summed E-state index contributed by atoms with van der Waals surface area (Å²) in [5, 5.41) is 6.47. The molecule has 0 aliphatic carbocycles. The quantitative estimate of drug-likeness (QED) is 0.452. The Morgan fingerprint density at radius 1 is 1.53 bits per heavy atom. The van der Waals surface area contributed by atoms with Gasteiger partial charge >= 0.3 is 0 Å². The Hall–Kier alpha value is -2.50. The normalized spacial score (nSPS) is 10.7. The molecule has 0 saturated heterocycles. The molecule has 2 N–H and O–H groups in total. The first-order valence-corrected chi connectivity index (χ1v) is 5.74. The molecule has 100 valence electrons. The molecule has 0 fully saturated rings. The van der Waals surface area contributed by atoms with Gasteiger partial charge in [-0.3, -0.25) is 14.6 Å². The zero-order chi connectivity index (χ0) is 14.1. The van der Waals surface area contributed by atoms with Gasteiger partial charge in [0.2, 0.25) is 5.91 Å². The fourth-order valence-electron chi connectivity index (χ4n) is 1.23. The lowest BCUT2D eigenvalue weighted by Gasteiger charge is -2.03. The first kappa shape index (κ1) is 14.6. The summed E-state index contributed by atoms with van der Waals surface area (Å²) in [5.41, 5.74) is 3.29. The minimum atomic E-state index is -0.362. The van der Waals surface area contributed by atoms with Gasteiger partial charge < -0.3 is 5.32 Å². The lowest BCUT2D eigenvalue weighted by Crippen LogP contribution is -2.26. The van der Waals surface area contributed by atoms with E-state index in [1.54, 1.807) is 31.3 Å². The van der Waals surface area contributed by atoms with Crippen LogP contribution in [0.2, 0.25) is 0 Å². The van der Waals surface area contributed by atoms with Crippen molar-refractivity contribution in [2.24, 2.45) is 5.10 Å². The maximum absolute atomic E-state index is 11.6. The summed E-state index contributed by atoms with van der Waals surface area (Å²) in [4.78, 5) is 26.8. The number of hydrogen-bond acceptors (Lipinski definition) is 4. The van der Waals surface area contributed by atoms with Crippen LogP contribution in [-0.4, -0.2) is 29.1 Å². The van der Waals surface area contributed by atoms with Crippen LogP contribution in [0.25, 0.3) is 0 Å². The molecule has 0 aliphatic rings. The zero-order valence-electron chi connectivity index (χ0n) is 10.7. The van der Waals surface area contributed by atoms with Gasteiger partial charge in [-0.25, -0.2) is 5.43 Å². The van der Waals surface area contributed by atoms with Crippen LogP contribution in [0, 0.1) is 0 Å². The van der Waals surface area contributed by atoms with Crippen LogP contribution in [-0.2, 0) is 4.79 Å². The van der Waals surface area contributed by atoms with Crippen LogP contribution in [0.5, 0.6) is 0 Å². The third-order valence-electron chi connectivity index (χ3n) is 2.13. The molecule has 19 heavy (non-hydrogen) atoms. The highest BCUT2D eigenvalue weighted by Crippen LogP contribution is 1.95. The molecule has 6 heteroatoms. The topological polar surface area (TPSA) is 83.5 Å². The van der Waals surface area contributed by atoms with Crippen molar-refractivity contribution in [3.63, 3.8) is 0 Å². The predicted molar refractivity (Wildman–Crippen MR) is 72.6 cm³/mol. The van der Waals surface area contributed by atoms with E-state index in [-0.39, 0.29) is 18.2 Å². The molecule has 0 atom stereocenters. The van der Waals surface area contributed by atoms with Gasteiger partial charge in [0.15, 0.2) is 0 Å². The van der Waals surface area contributed by atoms with E-state index in [0.29, 0.717) is 17.8 Å². The molecule has 2 amide bonds. The van der Waals surface area contributed by atoms with Crippen molar-refractivity contribution < 1.29 is 9.59 Å². The third-order valence-corrected chi connectivity index (χ3v) is 2.13. The average Bonchev–Trinajstić information content (AvgIpc) is 2.43. The molecule has 6 nitrogen and oxygen atoms in total. The molecule has 0 unspecified atom stereocenters. The molecule has 0 spiro atoms. The predicted octanol–water partition coefficient (Wildman–Crippen LogP) is 0.880. The second kappa shape index (κ2) is 7.75. The molecule has 1 aromatic heterocycles. The Morgan fingerprint density at radius 3 is 2.95 bits per heavy atom. The zero-order valence-corrected chi connectivity index (χ0v) is 10.7. The van der Waals surface area contributed by atoms with E-state index in [4.69, 9.17) is 0 Å². The van der Waals surface area contributed by atoms with E-state index in [1.165, 1.54) is 6.20 Å². The summed E-state index contributed by atoms with van der Waals surface area (Å²) in [6.07, 6.45) is 4.74. The molecule has 0 aromatic carbocycles. The van der Waals surface area contributed by atoms with Crippen molar-refractivity contribution in [3.05, 3.63) is 42.7 Å². The highest BCUT2D eigenvalue weighted by Gasteiger charge is 2.05. The smallest absolute Gasteiger partial charge is 0.272 e. The highest BCUT2D eigenvalue weighted by atomic mass is 16.2. The number of aromatic nitrogens is 1. The Kier molecular flexibility index (Phi) is 5.94. The number of hydrazone groups is 1. The number of nitrogens with one attached hydrogen (secondary N) is 2. The molecule has 0 saturated carbocycles. The van der Waals surface area contributed by atoms with Crippen molar-refractivity contribution in [2.75, 3.05) is 6.54 Å². The standard InChI is InChI=1S/C13H16N4O2/c1-3-6-15-12(18)8-10(2)16-17-13(19)11-5-4-7-14-9-11/h3-5,7,9H,1,6,8H2,2H3,(H,15,18)(H,17,19)/b16-10-. The Morgan fingerprint density at radius 2 is 2.32 bits per heavy atom. The van der Waals surface area contributed by atoms with E-state index < -0.39 is 0 Å². The largest absolute Gasteiger partial charge is 0.352 e.